The summed E-state index contributed by atoms with van der Waals surface area (Å²) in [6, 6.07) is 5.48. The lowest BCUT2D eigenvalue weighted by atomic mass is 10.2. The first-order valence-corrected chi connectivity index (χ1v) is 6.64. The number of ether oxygens (including phenoxy) is 1. The number of hydrogen-bond acceptors (Lipinski definition) is 4. The number of nitrogens with zero attached hydrogens (tertiary/aromatic N) is 2. The van der Waals surface area contributed by atoms with E-state index in [0.29, 0.717) is 24.5 Å². The zero-order chi connectivity index (χ0) is 15.4. The first-order chi connectivity index (χ1) is 10.0. The van der Waals surface area contributed by atoms with Crippen molar-refractivity contribution in [3.63, 3.8) is 0 Å². The summed E-state index contributed by atoms with van der Waals surface area (Å²) in [5.74, 6) is -0.313. The maximum Gasteiger partial charge on any atom is 0.305 e. The Labute approximate surface area is 123 Å². The molecule has 0 radical (unpaired) electrons. The molecular weight excluding hydrogens is 272 g/mol. The standard InChI is InChI=1S/C15H18N2O4/c1-3-7-17(8-6-15(19)20)11-4-5-12-13(9-11)21-10-14(18)16(12)2/h3-5,9H,1,6-8,10H2,2H3,(H,19,20). The van der Waals surface area contributed by atoms with Crippen molar-refractivity contribution in [1.82, 2.24) is 0 Å². The number of carbonyl (C=O) groups excluding carboxylic acids is 1. The highest BCUT2D eigenvalue weighted by atomic mass is 16.5. The SMILES string of the molecule is C=CCN(CCC(=O)O)c1ccc2c(c1)OCC(=O)N2C. The molecule has 0 aromatic heterocycles. The maximum atomic E-state index is 11.6. The Bertz CT molecular complexity index is 571. The molecule has 0 spiro atoms. The molecule has 0 atom stereocenters. The monoisotopic (exact) mass is 290 g/mol. The van der Waals surface area contributed by atoms with Crippen LogP contribution >= 0.6 is 0 Å². The van der Waals surface area contributed by atoms with Crippen LogP contribution in [0, 0.1) is 0 Å². The van der Waals surface area contributed by atoms with Crippen molar-refractivity contribution in [3.05, 3.63) is 30.9 Å². The Kier molecular flexibility index (Phi) is 4.47. The molecule has 21 heavy (non-hydrogen) atoms. The summed E-state index contributed by atoms with van der Waals surface area (Å²) in [6.45, 7) is 4.63. The minimum absolute atomic E-state index is 0.0174. The minimum Gasteiger partial charge on any atom is -0.481 e. The van der Waals surface area contributed by atoms with E-state index in [2.05, 4.69) is 6.58 Å². The van der Waals surface area contributed by atoms with Crippen LogP contribution in [0.5, 0.6) is 5.75 Å². The summed E-state index contributed by atoms with van der Waals surface area (Å²) in [4.78, 5) is 25.8. The van der Waals surface area contributed by atoms with Crippen molar-refractivity contribution in [3.8, 4) is 5.75 Å². The Balaban J connectivity index is 2.24. The van der Waals surface area contributed by atoms with Crippen LogP contribution in [0.2, 0.25) is 0 Å². The number of likely N-dealkylation sites (N-methyl/N-ethyl adjacent to an activating group) is 1. The lowest BCUT2D eigenvalue weighted by Crippen LogP contribution is -2.35. The van der Waals surface area contributed by atoms with Crippen LogP contribution in [0.25, 0.3) is 0 Å². The molecular formula is C15H18N2O4. The first-order valence-electron chi connectivity index (χ1n) is 6.64. The van der Waals surface area contributed by atoms with Gasteiger partial charge in [0.05, 0.1) is 12.1 Å². The predicted octanol–water partition coefficient (Wildman–Crippen LogP) is 1.51. The molecule has 1 heterocycles. The molecule has 6 heteroatoms. The Morgan fingerprint density at radius 3 is 3.00 bits per heavy atom. The van der Waals surface area contributed by atoms with Gasteiger partial charge in [0.1, 0.15) is 5.75 Å². The molecule has 1 aromatic carbocycles. The molecule has 1 aromatic rings. The van der Waals surface area contributed by atoms with Crippen molar-refractivity contribution in [1.29, 1.82) is 0 Å². The number of fused-ring (bicyclic) bond motifs is 1. The van der Waals surface area contributed by atoms with Gasteiger partial charge in [0.15, 0.2) is 6.61 Å². The molecule has 0 aliphatic carbocycles. The van der Waals surface area contributed by atoms with Crippen molar-refractivity contribution in [2.45, 2.75) is 6.42 Å². The van der Waals surface area contributed by atoms with E-state index in [1.165, 1.54) is 0 Å². The largest absolute Gasteiger partial charge is 0.481 e. The van der Waals surface area contributed by atoms with Crippen molar-refractivity contribution < 1.29 is 19.4 Å². The third kappa shape index (κ3) is 3.34. The molecule has 112 valence electrons. The van der Waals surface area contributed by atoms with E-state index in [1.54, 1.807) is 24.1 Å². The number of carbonyl (C=O) groups is 2. The number of aliphatic carboxylic acids is 1. The van der Waals surface area contributed by atoms with Gasteiger partial charge in [0.2, 0.25) is 0 Å². The highest BCUT2D eigenvalue weighted by Crippen LogP contribution is 2.34. The molecule has 6 nitrogen and oxygen atoms in total. The van der Waals surface area contributed by atoms with Crippen LogP contribution in [0.4, 0.5) is 11.4 Å². The fourth-order valence-corrected chi connectivity index (χ4v) is 2.18. The van der Waals surface area contributed by atoms with Crippen LogP contribution in [0.1, 0.15) is 6.42 Å². The van der Waals surface area contributed by atoms with E-state index in [4.69, 9.17) is 9.84 Å². The molecule has 0 unspecified atom stereocenters. The van der Waals surface area contributed by atoms with Gasteiger partial charge in [-0.1, -0.05) is 6.08 Å². The number of anilines is 2. The minimum atomic E-state index is -0.844. The van der Waals surface area contributed by atoms with Gasteiger partial charge in [-0.05, 0) is 12.1 Å². The zero-order valence-corrected chi connectivity index (χ0v) is 11.9. The van der Waals surface area contributed by atoms with Gasteiger partial charge in [-0.25, -0.2) is 0 Å². The second-order valence-corrected chi connectivity index (χ2v) is 4.77. The number of hydrogen-bond donors (Lipinski definition) is 1. The smallest absolute Gasteiger partial charge is 0.305 e. The fourth-order valence-electron chi connectivity index (χ4n) is 2.18. The number of carboxylic acid groups (broad SMARTS) is 1. The van der Waals surface area contributed by atoms with Crippen LogP contribution in [-0.4, -0.2) is 43.7 Å². The molecule has 0 fully saturated rings. The van der Waals surface area contributed by atoms with Crippen molar-refractivity contribution in [2.75, 3.05) is 36.5 Å². The molecule has 1 aliphatic rings. The van der Waals surface area contributed by atoms with E-state index in [1.807, 2.05) is 17.0 Å². The third-order valence-corrected chi connectivity index (χ3v) is 3.34. The number of rotatable bonds is 6. The quantitative estimate of drug-likeness (QED) is 0.804. The molecule has 0 saturated heterocycles. The highest BCUT2D eigenvalue weighted by Gasteiger charge is 2.23. The lowest BCUT2D eigenvalue weighted by Gasteiger charge is -2.29. The lowest BCUT2D eigenvalue weighted by molar-refractivity contribution is -0.136. The van der Waals surface area contributed by atoms with E-state index in [-0.39, 0.29) is 18.9 Å². The van der Waals surface area contributed by atoms with Crippen LogP contribution < -0.4 is 14.5 Å². The molecule has 2 rings (SSSR count). The molecule has 1 amide bonds. The molecule has 1 aliphatic heterocycles. The van der Waals surface area contributed by atoms with Crippen LogP contribution in [0.3, 0.4) is 0 Å². The van der Waals surface area contributed by atoms with Crippen LogP contribution in [-0.2, 0) is 9.59 Å². The summed E-state index contributed by atoms with van der Waals surface area (Å²) in [5, 5.41) is 8.81. The highest BCUT2D eigenvalue weighted by molar-refractivity contribution is 5.97. The summed E-state index contributed by atoms with van der Waals surface area (Å²) in [5.41, 5.74) is 1.56. The zero-order valence-electron chi connectivity index (χ0n) is 11.9. The average molecular weight is 290 g/mol. The first kappa shape index (κ1) is 14.9. The molecule has 0 saturated carbocycles. The summed E-state index contributed by atoms with van der Waals surface area (Å²) >= 11 is 0. The number of benzene rings is 1. The van der Waals surface area contributed by atoms with Gasteiger partial charge in [-0.2, -0.15) is 0 Å². The van der Waals surface area contributed by atoms with Gasteiger partial charge < -0.3 is 19.6 Å². The fraction of sp³-hybridized carbons (Fsp3) is 0.333. The van der Waals surface area contributed by atoms with Gasteiger partial charge in [0.25, 0.3) is 5.91 Å². The molecule has 0 bridgehead atoms. The normalized spacial score (nSPS) is 13.4. The van der Waals surface area contributed by atoms with Crippen LogP contribution in [0.15, 0.2) is 30.9 Å². The predicted molar refractivity (Wildman–Crippen MR) is 80.0 cm³/mol. The van der Waals surface area contributed by atoms with E-state index >= 15 is 0 Å². The second kappa shape index (κ2) is 6.30. The number of amides is 1. The van der Waals surface area contributed by atoms with Gasteiger partial charge >= 0.3 is 5.97 Å². The van der Waals surface area contributed by atoms with E-state index < -0.39 is 5.97 Å². The van der Waals surface area contributed by atoms with E-state index in [9.17, 15) is 9.59 Å². The van der Waals surface area contributed by atoms with Gasteiger partial charge in [-0.3, -0.25) is 9.59 Å². The third-order valence-electron chi connectivity index (χ3n) is 3.34. The van der Waals surface area contributed by atoms with Crippen molar-refractivity contribution in [2.24, 2.45) is 0 Å². The maximum absolute atomic E-state index is 11.6. The summed E-state index contributed by atoms with van der Waals surface area (Å²) in [7, 11) is 1.70. The summed E-state index contributed by atoms with van der Waals surface area (Å²) < 4.78 is 5.44. The second-order valence-electron chi connectivity index (χ2n) is 4.77. The molecule has 1 N–H and O–H groups in total. The average Bonchev–Trinajstić information content (AvgIpc) is 2.47. The Morgan fingerprint density at radius 1 is 1.57 bits per heavy atom. The topological polar surface area (TPSA) is 70.1 Å². The van der Waals surface area contributed by atoms with Gasteiger partial charge in [-0.15, -0.1) is 6.58 Å². The van der Waals surface area contributed by atoms with Crippen molar-refractivity contribution >= 4 is 23.3 Å². The van der Waals surface area contributed by atoms with E-state index in [0.717, 1.165) is 5.69 Å². The Morgan fingerprint density at radius 2 is 2.33 bits per heavy atom. The van der Waals surface area contributed by atoms with Gasteiger partial charge in [0, 0.05) is 31.9 Å². The number of carboxylic acids is 1. The summed E-state index contributed by atoms with van der Waals surface area (Å²) in [6.07, 6.45) is 1.77. The Hall–Kier alpha value is -2.50.